The molecule has 0 saturated carbocycles. The molecule has 0 unspecified atom stereocenters. The smallest absolute Gasteiger partial charge is 0.0692 e. The molecular formula is C10H10BrNO. The average molecular weight is 240 g/mol. The maximum atomic E-state index is 8.97. The minimum Gasteiger partial charge on any atom is -0.392 e. The molecule has 0 aromatic heterocycles. The predicted molar refractivity (Wildman–Crippen MR) is 54.0 cm³/mol. The second kappa shape index (κ2) is 5.00. The third-order valence-electron chi connectivity index (χ3n) is 1.84. The van der Waals surface area contributed by atoms with Crippen LogP contribution in [-0.4, -0.2) is 5.11 Å². The van der Waals surface area contributed by atoms with Crippen LogP contribution in [0.25, 0.3) is 0 Å². The van der Waals surface area contributed by atoms with Crippen LogP contribution in [0.1, 0.15) is 17.5 Å². The molecule has 0 amide bonds. The van der Waals surface area contributed by atoms with Crippen LogP contribution in [-0.2, 0) is 13.0 Å². The van der Waals surface area contributed by atoms with E-state index in [0.29, 0.717) is 6.42 Å². The van der Waals surface area contributed by atoms with Crippen LogP contribution in [0, 0.1) is 11.3 Å². The third-order valence-corrected chi connectivity index (χ3v) is 2.85. The molecule has 0 fully saturated rings. The van der Waals surface area contributed by atoms with Crippen molar-refractivity contribution in [1.82, 2.24) is 0 Å². The van der Waals surface area contributed by atoms with Gasteiger partial charge in [0, 0.05) is 10.9 Å². The van der Waals surface area contributed by atoms with Gasteiger partial charge in [0.15, 0.2) is 0 Å². The van der Waals surface area contributed by atoms with Crippen LogP contribution in [0.3, 0.4) is 0 Å². The van der Waals surface area contributed by atoms with Crippen molar-refractivity contribution in [2.24, 2.45) is 0 Å². The second-order valence-electron chi connectivity index (χ2n) is 2.71. The Hall–Kier alpha value is -0.850. The monoisotopic (exact) mass is 239 g/mol. The first-order chi connectivity index (χ1) is 6.29. The molecule has 68 valence electrons. The van der Waals surface area contributed by atoms with Crippen LogP contribution in [0.2, 0.25) is 0 Å². The molecular weight excluding hydrogens is 230 g/mol. The average Bonchev–Trinajstić information content (AvgIpc) is 2.16. The van der Waals surface area contributed by atoms with E-state index >= 15 is 0 Å². The summed E-state index contributed by atoms with van der Waals surface area (Å²) < 4.78 is 0.924. The lowest BCUT2D eigenvalue weighted by molar-refractivity contribution is 0.281. The number of halogens is 1. The standard InChI is InChI=1S/C10H10BrNO/c11-10-8(5-2-6-12)3-1-4-9(10)7-13/h1,3-4,13H,2,5,7H2. The molecule has 0 heterocycles. The maximum Gasteiger partial charge on any atom is 0.0692 e. The van der Waals surface area contributed by atoms with Gasteiger partial charge < -0.3 is 5.11 Å². The van der Waals surface area contributed by atoms with Crippen LogP contribution in [0.15, 0.2) is 22.7 Å². The summed E-state index contributed by atoms with van der Waals surface area (Å²) >= 11 is 3.40. The zero-order valence-electron chi connectivity index (χ0n) is 7.13. The number of nitrogens with zero attached hydrogens (tertiary/aromatic N) is 1. The lowest BCUT2D eigenvalue weighted by atomic mass is 10.1. The van der Waals surface area contributed by atoms with Gasteiger partial charge in [-0.25, -0.2) is 0 Å². The molecule has 0 spiro atoms. The molecule has 1 aromatic rings. The van der Waals surface area contributed by atoms with Crippen molar-refractivity contribution in [2.45, 2.75) is 19.4 Å². The van der Waals surface area contributed by atoms with Crippen molar-refractivity contribution in [3.05, 3.63) is 33.8 Å². The Morgan fingerprint density at radius 2 is 2.08 bits per heavy atom. The molecule has 13 heavy (non-hydrogen) atoms. The molecule has 2 nitrogen and oxygen atoms in total. The number of hydrogen-bond donors (Lipinski definition) is 1. The van der Waals surface area contributed by atoms with Gasteiger partial charge in [-0.2, -0.15) is 5.26 Å². The third kappa shape index (κ3) is 2.55. The van der Waals surface area contributed by atoms with Crippen molar-refractivity contribution < 1.29 is 5.11 Å². The summed E-state index contributed by atoms with van der Waals surface area (Å²) in [6, 6.07) is 7.81. The lowest BCUT2D eigenvalue weighted by Gasteiger charge is -2.05. The Bertz CT molecular complexity index is 330. The fourth-order valence-corrected chi connectivity index (χ4v) is 1.73. The van der Waals surface area contributed by atoms with E-state index in [1.807, 2.05) is 18.2 Å². The zero-order valence-corrected chi connectivity index (χ0v) is 8.71. The minimum absolute atomic E-state index is 0.0287. The normalized spacial score (nSPS) is 9.62. The van der Waals surface area contributed by atoms with E-state index in [0.717, 1.165) is 22.0 Å². The first-order valence-electron chi connectivity index (χ1n) is 4.03. The summed E-state index contributed by atoms with van der Waals surface area (Å²) in [5, 5.41) is 17.4. The largest absolute Gasteiger partial charge is 0.392 e. The Morgan fingerprint density at radius 3 is 2.69 bits per heavy atom. The van der Waals surface area contributed by atoms with Crippen molar-refractivity contribution in [3.63, 3.8) is 0 Å². The molecule has 0 aliphatic rings. The molecule has 3 heteroatoms. The fraction of sp³-hybridized carbons (Fsp3) is 0.300. The van der Waals surface area contributed by atoms with Crippen molar-refractivity contribution in [1.29, 1.82) is 5.26 Å². The summed E-state index contributed by atoms with van der Waals surface area (Å²) in [6.07, 6.45) is 1.23. The quantitative estimate of drug-likeness (QED) is 0.881. The Morgan fingerprint density at radius 1 is 1.38 bits per heavy atom. The molecule has 1 rings (SSSR count). The highest BCUT2D eigenvalue weighted by molar-refractivity contribution is 9.10. The number of aliphatic hydroxyl groups is 1. The molecule has 0 aliphatic heterocycles. The molecule has 1 aromatic carbocycles. The Labute approximate surface area is 85.9 Å². The van der Waals surface area contributed by atoms with Crippen LogP contribution >= 0.6 is 15.9 Å². The molecule has 1 N–H and O–H groups in total. The molecule has 0 bridgehead atoms. The number of nitriles is 1. The van der Waals surface area contributed by atoms with E-state index in [1.54, 1.807) is 0 Å². The topological polar surface area (TPSA) is 44.0 Å². The van der Waals surface area contributed by atoms with Gasteiger partial charge >= 0.3 is 0 Å². The van der Waals surface area contributed by atoms with Crippen molar-refractivity contribution in [2.75, 3.05) is 0 Å². The van der Waals surface area contributed by atoms with Crippen LogP contribution in [0.4, 0.5) is 0 Å². The summed E-state index contributed by atoms with van der Waals surface area (Å²) in [6.45, 7) is 0.0287. The number of rotatable bonds is 3. The highest BCUT2D eigenvalue weighted by Crippen LogP contribution is 2.22. The number of hydrogen-bond acceptors (Lipinski definition) is 2. The van der Waals surface area contributed by atoms with Crippen LogP contribution in [0.5, 0.6) is 0 Å². The van der Waals surface area contributed by atoms with Gasteiger partial charge in [0.1, 0.15) is 0 Å². The predicted octanol–water partition coefficient (Wildman–Crippen LogP) is 2.40. The minimum atomic E-state index is 0.0287. The molecule has 0 radical (unpaired) electrons. The number of aryl methyl sites for hydroxylation is 1. The van der Waals surface area contributed by atoms with Gasteiger partial charge in [-0.3, -0.25) is 0 Å². The maximum absolute atomic E-state index is 8.97. The van der Waals surface area contributed by atoms with E-state index in [-0.39, 0.29) is 6.61 Å². The first-order valence-corrected chi connectivity index (χ1v) is 4.83. The summed E-state index contributed by atoms with van der Waals surface area (Å²) in [7, 11) is 0. The Balaban J connectivity index is 2.89. The van der Waals surface area contributed by atoms with E-state index in [4.69, 9.17) is 10.4 Å². The number of aliphatic hydroxyl groups excluding tert-OH is 1. The SMILES string of the molecule is N#CCCc1cccc(CO)c1Br. The highest BCUT2D eigenvalue weighted by atomic mass is 79.9. The van der Waals surface area contributed by atoms with Crippen molar-refractivity contribution >= 4 is 15.9 Å². The highest BCUT2D eigenvalue weighted by Gasteiger charge is 2.03. The van der Waals surface area contributed by atoms with E-state index < -0.39 is 0 Å². The van der Waals surface area contributed by atoms with Gasteiger partial charge in [-0.1, -0.05) is 34.1 Å². The molecule has 0 saturated heterocycles. The van der Waals surface area contributed by atoms with Gasteiger partial charge in [0.2, 0.25) is 0 Å². The fourth-order valence-electron chi connectivity index (χ4n) is 1.14. The zero-order chi connectivity index (χ0) is 9.68. The van der Waals surface area contributed by atoms with Gasteiger partial charge in [0.05, 0.1) is 12.7 Å². The van der Waals surface area contributed by atoms with Crippen LogP contribution < -0.4 is 0 Å². The number of benzene rings is 1. The Kier molecular flexibility index (Phi) is 3.94. The summed E-state index contributed by atoms with van der Waals surface area (Å²) in [4.78, 5) is 0. The van der Waals surface area contributed by atoms with E-state index in [9.17, 15) is 0 Å². The summed E-state index contributed by atoms with van der Waals surface area (Å²) in [5.74, 6) is 0. The molecule has 0 aliphatic carbocycles. The first kappa shape index (κ1) is 10.2. The van der Waals surface area contributed by atoms with E-state index in [1.165, 1.54) is 0 Å². The van der Waals surface area contributed by atoms with Crippen molar-refractivity contribution in [3.8, 4) is 6.07 Å². The van der Waals surface area contributed by atoms with Gasteiger partial charge in [-0.05, 0) is 17.5 Å². The molecule has 0 atom stereocenters. The lowest BCUT2D eigenvalue weighted by Crippen LogP contribution is -1.91. The van der Waals surface area contributed by atoms with Gasteiger partial charge in [0.25, 0.3) is 0 Å². The van der Waals surface area contributed by atoms with E-state index in [2.05, 4.69) is 22.0 Å². The summed E-state index contributed by atoms with van der Waals surface area (Å²) in [5.41, 5.74) is 1.95. The second-order valence-corrected chi connectivity index (χ2v) is 3.50. The van der Waals surface area contributed by atoms with Gasteiger partial charge in [-0.15, -0.1) is 0 Å².